The molecule has 36 heavy (non-hydrogen) atoms. The molecule has 0 radical (unpaired) electrons. The molecule has 1 saturated heterocycles. The second-order valence-electron chi connectivity index (χ2n) is 8.75. The molecule has 0 atom stereocenters. The van der Waals surface area contributed by atoms with Crippen LogP contribution in [0.25, 0.3) is 10.9 Å². The molecule has 3 rings (SSSR count). The predicted octanol–water partition coefficient (Wildman–Crippen LogP) is 2.54. The normalized spacial score (nSPS) is 14.4. The Bertz CT molecular complexity index is 1120. The number of aromatic nitrogens is 2. The van der Waals surface area contributed by atoms with Gasteiger partial charge in [-0.25, -0.2) is 9.59 Å². The van der Waals surface area contributed by atoms with Crippen LogP contribution in [0.2, 0.25) is 0 Å². The lowest BCUT2D eigenvalue weighted by Crippen LogP contribution is -2.57. The van der Waals surface area contributed by atoms with Crippen molar-refractivity contribution < 1.29 is 45.8 Å². The largest absolute Gasteiger partial charge is 0.490 e. The summed E-state index contributed by atoms with van der Waals surface area (Å²) < 4.78 is 72.2. The van der Waals surface area contributed by atoms with Crippen LogP contribution in [0.15, 0.2) is 18.2 Å². The van der Waals surface area contributed by atoms with Gasteiger partial charge in [0.05, 0.1) is 23.7 Å². The number of carbonyl (C=O) groups excluding carboxylic acids is 2. The van der Waals surface area contributed by atoms with Crippen LogP contribution in [-0.2, 0) is 15.8 Å². The molecule has 2 amide bonds. The van der Waals surface area contributed by atoms with E-state index in [9.17, 15) is 35.9 Å². The number of nitrogens with zero attached hydrogens (tertiary/aromatic N) is 2. The van der Waals surface area contributed by atoms with Crippen LogP contribution in [0.3, 0.4) is 0 Å². The molecule has 0 spiro atoms. The quantitative estimate of drug-likeness (QED) is 0.386. The van der Waals surface area contributed by atoms with E-state index in [4.69, 9.17) is 9.90 Å². The summed E-state index contributed by atoms with van der Waals surface area (Å²) in [5.41, 5.74) is -1.23. The molecule has 0 bridgehead atoms. The van der Waals surface area contributed by atoms with Crippen molar-refractivity contribution in [1.82, 2.24) is 25.7 Å². The first-order valence-corrected chi connectivity index (χ1v) is 10.3. The molecule has 1 aromatic heterocycles. The van der Waals surface area contributed by atoms with Gasteiger partial charge < -0.3 is 26.4 Å². The van der Waals surface area contributed by atoms with Gasteiger partial charge in [-0.05, 0) is 39.0 Å². The van der Waals surface area contributed by atoms with Crippen molar-refractivity contribution in [3.63, 3.8) is 0 Å². The number of benzene rings is 1. The molecular weight excluding hydrogens is 502 g/mol. The van der Waals surface area contributed by atoms with Crippen LogP contribution in [0, 0.1) is 0 Å². The van der Waals surface area contributed by atoms with Crippen LogP contribution in [0.4, 0.5) is 37.0 Å². The Kier molecular flexibility index (Phi) is 8.44. The van der Waals surface area contributed by atoms with Crippen molar-refractivity contribution in [1.29, 1.82) is 0 Å². The van der Waals surface area contributed by atoms with E-state index in [1.807, 2.05) is 0 Å². The van der Waals surface area contributed by atoms with Crippen LogP contribution in [-0.4, -0.2) is 70.2 Å². The summed E-state index contributed by atoms with van der Waals surface area (Å²) in [6, 6.07) is 2.46. The highest BCUT2D eigenvalue weighted by molar-refractivity contribution is 5.98. The zero-order valence-electron chi connectivity index (χ0n) is 19.3. The van der Waals surface area contributed by atoms with Gasteiger partial charge in [0, 0.05) is 24.0 Å². The zero-order valence-corrected chi connectivity index (χ0v) is 19.3. The fourth-order valence-corrected chi connectivity index (χ4v) is 2.79. The summed E-state index contributed by atoms with van der Waals surface area (Å²) in [5.74, 6) is -3.05. The van der Waals surface area contributed by atoms with Crippen LogP contribution in [0.5, 0.6) is 0 Å². The van der Waals surface area contributed by atoms with Crippen LogP contribution in [0.1, 0.15) is 26.3 Å². The molecule has 1 aliphatic heterocycles. The van der Waals surface area contributed by atoms with Gasteiger partial charge in [-0.3, -0.25) is 4.79 Å². The minimum atomic E-state index is -5.08. The molecule has 16 heteroatoms. The maximum absolute atomic E-state index is 13.1. The molecule has 2 heterocycles. The maximum Gasteiger partial charge on any atom is 0.490 e. The first-order valence-electron chi connectivity index (χ1n) is 10.3. The summed E-state index contributed by atoms with van der Waals surface area (Å²) in [7, 11) is 0. The van der Waals surface area contributed by atoms with E-state index in [1.54, 1.807) is 20.8 Å². The van der Waals surface area contributed by atoms with Crippen LogP contribution < -0.4 is 21.3 Å². The summed E-state index contributed by atoms with van der Waals surface area (Å²) in [6.45, 7) is 6.49. The molecular formula is C20H24F6N6O4. The average molecular weight is 526 g/mol. The Hall–Kier alpha value is -3.56. The Morgan fingerprint density at radius 1 is 1.11 bits per heavy atom. The van der Waals surface area contributed by atoms with Crippen molar-refractivity contribution in [2.24, 2.45) is 0 Å². The fourth-order valence-electron chi connectivity index (χ4n) is 2.79. The first-order chi connectivity index (χ1) is 16.4. The highest BCUT2D eigenvalue weighted by Gasteiger charge is 2.38. The highest BCUT2D eigenvalue weighted by atomic mass is 19.4. The van der Waals surface area contributed by atoms with Crippen molar-refractivity contribution >= 4 is 34.6 Å². The van der Waals surface area contributed by atoms with Crippen molar-refractivity contribution in [2.45, 2.75) is 44.7 Å². The number of anilines is 1. The van der Waals surface area contributed by atoms with E-state index in [0.29, 0.717) is 13.1 Å². The van der Waals surface area contributed by atoms with Gasteiger partial charge in [0.2, 0.25) is 5.91 Å². The number of hydrogen-bond acceptors (Lipinski definition) is 6. The predicted molar refractivity (Wildman–Crippen MR) is 115 cm³/mol. The minimum absolute atomic E-state index is 0.0250. The number of fused-ring (bicyclic) bond motifs is 1. The topological polar surface area (TPSA) is 137 Å². The summed E-state index contributed by atoms with van der Waals surface area (Å²) >= 11 is 0. The Labute approximate surface area is 200 Å². The van der Waals surface area contributed by atoms with Crippen molar-refractivity contribution in [3.05, 3.63) is 23.8 Å². The molecule has 1 aromatic carbocycles. The molecule has 200 valence electrons. The van der Waals surface area contributed by atoms with Crippen molar-refractivity contribution in [3.8, 4) is 0 Å². The van der Waals surface area contributed by atoms with Crippen molar-refractivity contribution in [2.75, 3.05) is 25.0 Å². The fraction of sp³-hybridized carbons (Fsp3) is 0.500. The third kappa shape index (κ3) is 8.00. The monoisotopic (exact) mass is 526 g/mol. The highest BCUT2D eigenvalue weighted by Crippen LogP contribution is 2.33. The molecule has 1 fully saturated rings. The Morgan fingerprint density at radius 3 is 2.14 bits per heavy atom. The number of rotatable bonds is 4. The van der Waals surface area contributed by atoms with E-state index in [0.717, 1.165) is 16.8 Å². The maximum atomic E-state index is 13.1. The Morgan fingerprint density at radius 2 is 1.69 bits per heavy atom. The number of alkyl halides is 6. The number of carbonyl (C=O) groups is 3. The van der Waals surface area contributed by atoms with E-state index in [-0.39, 0.29) is 35.2 Å². The zero-order chi connectivity index (χ0) is 27.5. The Balaban J connectivity index is 0.000000572. The summed E-state index contributed by atoms with van der Waals surface area (Å²) in [5, 5.41) is 22.6. The van der Waals surface area contributed by atoms with E-state index in [1.165, 1.54) is 6.07 Å². The number of carboxylic acids is 1. The number of halogens is 6. The van der Waals surface area contributed by atoms with Gasteiger partial charge in [0.1, 0.15) is 0 Å². The molecule has 5 N–H and O–H groups in total. The lowest BCUT2D eigenvalue weighted by molar-refractivity contribution is -0.192. The number of hydrogen-bond donors (Lipinski definition) is 5. The molecule has 0 unspecified atom stereocenters. The van der Waals surface area contributed by atoms with Gasteiger partial charge in [0.25, 0.3) is 0 Å². The smallest absolute Gasteiger partial charge is 0.475 e. The van der Waals surface area contributed by atoms with Crippen LogP contribution >= 0.6 is 0 Å². The van der Waals surface area contributed by atoms with E-state index >= 15 is 0 Å². The van der Waals surface area contributed by atoms with Gasteiger partial charge in [-0.1, -0.05) is 0 Å². The minimum Gasteiger partial charge on any atom is -0.475 e. The van der Waals surface area contributed by atoms with Gasteiger partial charge in [-0.2, -0.15) is 31.0 Å². The number of amides is 2. The third-order valence-corrected chi connectivity index (χ3v) is 4.49. The number of carboxylic acid groups (broad SMARTS) is 1. The van der Waals surface area contributed by atoms with E-state index < -0.39 is 35.5 Å². The molecule has 10 nitrogen and oxygen atoms in total. The molecule has 1 aliphatic rings. The van der Waals surface area contributed by atoms with E-state index in [2.05, 4.69) is 26.4 Å². The second kappa shape index (κ2) is 10.6. The lowest BCUT2D eigenvalue weighted by Gasteiger charge is -2.27. The molecule has 0 aliphatic carbocycles. The first kappa shape index (κ1) is 28.7. The number of nitrogens with one attached hydrogen (secondary N) is 4. The van der Waals surface area contributed by atoms with Gasteiger partial charge >= 0.3 is 24.4 Å². The van der Waals surface area contributed by atoms with Gasteiger partial charge in [0.15, 0.2) is 5.82 Å². The summed E-state index contributed by atoms with van der Waals surface area (Å²) in [4.78, 5) is 33.5. The second-order valence-corrected chi connectivity index (χ2v) is 8.75. The van der Waals surface area contributed by atoms with Gasteiger partial charge in [-0.15, -0.1) is 5.10 Å². The summed E-state index contributed by atoms with van der Waals surface area (Å²) in [6.07, 6.45) is -9.63. The SMILES string of the molecule is CC(C)(C)NC(=O)n1nc(NCC(=O)NC2CNC2)c2cc(C(F)(F)F)ccc21.O=C(O)C(F)(F)F. The third-order valence-electron chi connectivity index (χ3n) is 4.49. The molecule has 2 aromatic rings. The average Bonchev–Trinajstić information content (AvgIpc) is 3.05. The standard InChI is InChI=1S/C18H23F3N6O2.C2HF3O2/c1-17(2,3)25-16(29)27-13-5-4-10(18(19,20)21)6-12(13)15(26-27)23-9-14(28)24-11-7-22-8-11;3-2(4,5)1(6)7/h4-6,11,22H,7-9H2,1-3H3,(H,23,26)(H,24,28)(H,25,29);(H,6,7). The molecule has 0 saturated carbocycles. The lowest BCUT2D eigenvalue weighted by atomic mass is 10.1. The number of aliphatic carboxylic acids is 1.